The lowest BCUT2D eigenvalue weighted by Crippen LogP contribution is -2.19. The van der Waals surface area contributed by atoms with Crippen LogP contribution in [0.2, 0.25) is 5.02 Å². The Balaban J connectivity index is 2.20. The molecule has 0 aliphatic heterocycles. The second kappa shape index (κ2) is 5.75. The molecule has 1 heterocycles. The Labute approximate surface area is 117 Å². The number of halogens is 1. The molecule has 2 rings (SSSR count). The lowest BCUT2D eigenvalue weighted by atomic mass is 10.2. The van der Waals surface area contributed by atoms with Gasteiger partial charge in [-0.2, -0.15) is 4.98 Å². The fraction of sp³-hybridized carbons (Fsp3) is 0.231. The van der Waals surface area contributed by atoms with Crippen LogP contribution in [0.1, 0.15) is 5.56 Å². The third-order valence-electron chi connectivity index (χ3n) is 2.65. The number of ether oxygens (including phenoxy) is 1. The maximum absolute atomic E-state index is 6.14. The number of nitrogens with zero attached hydrogens (tertiary/aromatic N) is 3. The van der Waals surface area contributed by atoms with Crippen molar-refractivity contribution in [3.8, 4) is 5.88 Å². The fourth-order valence-electron chi connectivity index (χ4n) is 1.67. The lowest BCUT2D eigenvalue weighted by molar-refractivity contribution is 0.397. The van der Waals surface area contributed by atoms with Gasteiger partial charge in [-0.05, 0) is 23.8 Å². The van der Waals surface area contributed by atoms with Crippen LogP contribution in [0.3, 0.4) is 0 Å². The van der Waals surface area contributed by atoms with Crippen LogP contribution >= 0.6 is 11.6 Å². The van der Waals surface area contributed by atoms with Gasteiger partial charge in [-0.15, -0.1) is 0 Å². The number of nitrogen functional groups attached to an aromatic ring is 1. The Hall–Kier alpha value is -2.01. The Morgan fingerprint density at radius 1 is 1.37 bits per heavy atom. The smallest absolute Gasteiger partial charge is 0.228 e. The van der Waals surface area contributed by atoms with Gasteiger partial charge in [0.15, 0.2) is 0 Å². The number of hydrogen-bond acceptors (Lipinski definition) is 5. The summed E-state index contributed by atoms with van der Waals surface area (Å²) in [6.07, 6.45) is 1.65. The first-order chi connectivity index (χ1) is 9.10. The predicted octanol–water partition coefficient (Wildman–Crippen LogP) is 2.36. The first kappa shape index (κ1) is 13.4. The molecule has 0 atom stereocenters. The van der Waals surface area contributed by atoms with Gasteiger partial charge in [0.2, 0.25) is 11.8 Å². The van der Waals surface area contributed by atoms with E-state index in [0.717, 1.165) is 5.56 Å². The summed E-state index contributed by atoms with van der Waals surface area (Å²) in [5, 5.41) is 0.670. The molecule has 2 aromatic rings. The summed E-state index contributed by atoms with van der Waals surface area (Å²) in [5.41, 5.74) is 7.37. The molecule has 0 unspecified atom stereocenters. The molecule has 0 spiro atoms. The lowest BCUT2D eigenvalue weighted by Gasteiger charge is -2.18. The zero-order chi connectivity index (χ0) is 13.8. The number of nitrogens with two attached hydrogens (primary N) is 1. The van der Waals surface area contributed by atoms with Crippen molar-refractivity contribution in [2.45, 2.75) is 6.54 Å². The summed E-state index contributed by atoms with van der Waals surface area (Å²) in [4.78, 5) is 10.3. The van der Waals surface area contributed by atoms with E-state index in [9.17, 15) is 0 Å². The van der Waals surface area contributed by atoms with Crippen molar-refractivity contribution in [3.63, 3.8) is 0 Å². The Morgan fingerprint density at radius 2 is 2.16 bits per heavy atom. The Bertz CT molecular complexity index is 576. The summed E-state index contributed by atoms with van der Waals surface area (Å²) in [7, 11) is 3.45. The maximum atomic E-state index is 6.14. The molecule has 0 bridgehead atoms. The first-order valence-electron chi connectivity index (χ1n) is 5.72. The molecule has 100 valence electrons. The summed E-state index contributed by atoms with van der Waals surface area (Å²) in [6.45, 7) is 0.567. The summed E-state index contributed by atoms with van der Waals surface area (Å²) in [5.74, 6) is 1.09. The van der Waals surface area contributed by atoms with Crippen molar-refractivity contribution in [3.05, 3.63) is 41.0 Å². The minimum absolute atomic E-state index is 0.524. The SMILES string of the molecule is COc1ccnc(N(C)Cc2cc(N)ccc2Cl)n1. The van der Waals surface area contributed by atoms with E-state index in [0.29, 0.717) is 29.1 Å². The van der Waals surface area contributed by atoms with Gasteiger partial charge in [0, 0.05) is 36.6 Å². The normalized spacial score (nSPS) is 10.3. The highest BCUT2D eigenvalue weighted by molar-refractivity contribution is 6.31. The van der Waals surface area contributed by atoms with Gasteiger partial charge in [0.1, 0.15) is 0 Å². The molecule has 5 nitrogen and oxygen atoms in total. The minimum Gasteiger partial charge on any atom is -0.481 e. The van der Waals surface area contributed by atoms with E-state index in [1.807, 2.05) is 18.0 Å². The average molecular weight is 279 g/mol. The summed E-state index contributed by atoms with van der Waals surface area (Å²) < 4.78 is 5.07. The van der Waals surface area contributed by atoms with Crippen LogP contribution in [0.25, 0.3) is 0 Å². The van der Waals surface area contributed by atoms with E-state index in [1.54, 1.807) is 31.5 Å². The predicted molar refractivity (Wildman–Crippen MR) is 76.6 cm³/mol. The molecule has 0 fully saturated rings. The maximum Gasteiger partial charge on any atom is 0.228 e. The molecule has 0 saturated heterocycles. The molecule has 0 amide bonds. The first-order valence-corrected chi connectivity index (χ1v) is 6.10. The van der Waals surface area contributed by atoms with Crippen molar-refractivity contribution < 1.29 is 4.74 Å². The van der Waals surface area contributed by atoms with E-state index in [-0.39, 0.29) is 0 Å². The van der Waals surface area contributed by atoms with Crippen molar-refractivity contribution in [2.24, 2.45) is 0 Å². The van der Waals surface area contributed by atoms with E-state index in [4.69, 9.17) is 22.1 Å². The molecule has 0 aliphatic rings. The minimum atomic E-state index is 0.524. The molecule has 0 aliphatic carbocycles. The number of aromatic nitrogens is 2. The second-order valence-corrected chi connectivity index (χ2v) is 4.51. The highest BCUT2D eigenvalue weighted by Crippen LogP contribution is 2.22. The third-order valence-corrected chi connectivity index (χ3v) is 3.01. The van der Waals surface area contributed by atoms with E-state index >= 15 is 0 Å². The molecule has 1 aromatic heterocycles. The Kier molecular flexibility index (Phi) is 4.06. The topological polar surface area (TPSA) is 64.3 Å². The third kappa shape index (κ3) is 3.26. The van der Waals surface area contributed by atoms with Crippen molar-refractivity contribution in [1.82, 2.24) is 9.97 Å². The molecule has 0 radical (unpaired) electrons. The van der Waals surface area contributed by atoms with E-state index in [2.05, 4.69) is 9.97 Å². The molecule has 0 saturated carbocycles. The second-order valence-electron chi connectivity index (χ2n) is 4.11. The van der Waals surface area contributed by atoms with Gasteiger partial charge in [-0.3, -0.25) is 0 Å². The van der Waals surface area contributed by atoms with Gasteiger partial charge in [0.25, 0.3) is 0 Å². The molecule has 19 heavy (non-hydrogen) atoms. The molecule has 1 aromatic carbocycles. The number of hydrogen-bond donors (Lipinski definition) is 1. The van der Waals surface area contributed by atoms with E-state index < -0.39 is 0 Å². The van der Waals surface area contributed by atoms with Crippen LogP contribution in [-0.4, -0.2) is 24.1 Å². The molecule has 6 heteroatoms. The van der Waals surface area contributed by atoms with Crippen LogP contribution in [0, 0.1) is 0 Å². The standard InChI is InChI=1S/C13H15ClN4O/c1-18(13-16-6-5-12(17-13)19-2)8-9-7-10(15)3-4-11(9)14/h3-7H,8,15H2,1-2H3. The molecular weight excluding hydrogens is 264 g/mol. The monoisotopic (exact) mass is 278 g/mol. The van der Waals surface area contributed by atoms with Gasteiger partial charge in [0.05, 0.1) is 7.11 Å². The highest BCUT2D eigenvalue weighted by Gasteiger charge is 2.09. The largest absolute Gasteiger partial charge is 0.481 e. The fourth-order valence-corrected chi connectivity index (χ4v) is 1.85. The molecular formula is C13H15ClN4O. The van der Waals surface area contributed by atoms with E-state index in [1.165, 1.54) is 0 Å². The average Bonchev–Trinajstić information content (AvgIpc) is 2.43. The highest BCUT2D eigenvalue weighted by atomic mass is 35.5. The van der Waals surface area contributed by atoms with Crippen molar-refractivity contribution in [1.29, 1.82) is 0 Å². The van der Waals surface area contributed by atoms with Crippen molar-refractivity contribution >= 4 is 23.2 Å². The number of anilines is 2. The zero-order valence-electron chi connectivity index (χ0n) is 10.8. The van der Waals surface area contributed by atoms with Gasteiger partial charge >= 0.3 is 0 Å². The zero-order valence-corrected chi connectivity index (χ0v) is 11.6. The van der Waals surface area contributed by atoms with Gasteiger partial charge < -0.3 is 15.4 Å². The quantitative estimate of drug-likeness (QED) is 0.870. The summed E-state index contributed by atoms with van der Waals surface area (Å²) in [6, 6.07) is 7.10. The van der Waals surface area contributed by atoms with Gasteiger partial charge in [-0.1, -0.05) is 11.6 Å². The van der Waals surface area contributed by atoms with Crippen LogP contribution in [-0.2, 0) is 6.54 Å². The van der Waals surface area contributed by atoms with Crippen molar-refractivity contribution in [2.75, 3.05) is 24.8 Å². The summed E-state index contributed by atoms with van der Waals surface area (Å²) >= 11 is 6.14. The van der Waals surface area contributed by atoms with Gasteiger partial charge in [-0.25, -0.2) is 4.98 Å². The Morgan fingerprint density at radius 3 is 2.89 bits per heavy atom. The van der Waals surface area contributed by atoms with Crippen LogP contribution in [0.15, 0.2) is 30.5 Å². The molecule has 2 N–H and O–H groups in total. The number of rotatable bonds is 4. The van der Waals surface area contributed by atoms with Crippen LogP contribution in [0.5, 0.6) is 5.88 Å². The number of methoxy groups -OCH3 is 1. The number of benzene rings is 1. The van der Waals surface area contributed by atoms with Crippen LogP contribution in [0.4, 0.5) is 11.6 Å². The van der Waals surface area contributed by atoms with Crippen LogP contribution < -0.4 is 15.4 Å².